The van der Waals surface area contributed by atoms with Crippen molar-refractivity contribution in [1.82, 2.24) is 4.90 Å². The summed E-state index contributed by atoms with van der Waals surface area (Å²) in [6.45, 7) is 8.09. The van der Waals surface area contributed by atoms with Crippen molar-refractivity contribution >= 4 is 0 Å². The molecule has 0 aromatic carbocycles. The fourth-order valence-corrected chi connectivity index (χ4v) is 0.527. The molecule has 0 bridgehead atoms. The van der Waals surface area contributed by atoms with Crippen LogP contribution in [0.1, 0.15) is 20.3 Å². The van der Waals surface area contributed by atoms with Crippen LogP contribution < -0.4 is 0 Å². The summed E-state index contributed by atoms with van der Waals surface area (Å²) in [4.78, 5) is 2.08. The molecule has 0 amide bonds. The second kappa shape index (κ2) is 4.15. The Balaban J connectivity index is 4.03. The third-order valence-corrected chi connectivity index (χ3v) is 1.57. The van der Waals surface area contributed by atoms with Gasteiger partial charge in [-0.3, -0.25) is 0 Å². The zero-order valence-electron chi connectivity index (χ0n) is 7.44. The van der Waals surface area contributed by atoms with Crippen LogP contribution in [0.4, 0.5) is 0 Å². The minimum atomic E-state index is 1.03. The summed E-state index contributed by atoms with van der Waals surface area (Å²) in [5.41, 5.74) is 2.44. The highest BCUT2D eigenvalue weighted by Gasteiger charge is 1.90. The van der Waals surface area contributed by atoms with E-state index in [1.54, 1.807) is 0 Å². The second-order valence-corrected chi connectivity index (χ2v) is 2.69. The SMILES string of the molecule is C=C(C=C(C)N(C)C)CC. The molecule has 0 rings (SSSR count). The highest BCUT2D eigenvalue weighted by molar-refractivity contribution is 5.17. The fourth-order valence-electron chi connectivity index (χ4n) is 0.527. The predicted molar refractivity (Wildman–Crippen MR) is 46.9 cm³/mol. The van der Waals surface area contributed by atoms with E-state index in [-0.39, 0.29) is 0 Å². The minimum absolute atomic E-state index is 1.03. The Kier molecular flexibility index (Phi) is 3.85. The molecule has 0 heterocycles. The van der Waals surface area contributed by atoms with Gasteiger partial charge in [-0.1, -0.05) is 19.1 Å². The van der Waals surface area contributed by atoms with Gasteiger partial charge in [0.05, 0.1) is 0 Å². The molecule has 0 aliphatic carbocycles. The molecule has 0 saturated carbocycles. The quantitative estimate of drug-likeness (QED) is 0.543. The number of rotatable bonds is 3. The van der Waals surface area contributed by atoms with Crippen LogP contribution in [0, 0.1) is 0 Å². The lowest BCUT2D eigenvalue weighted by Gasteiger charge is -2.12. The molecule has 10 heavy (non-hydrogen) atoms. The van der Waals surface area contributed by atoms with Gasteiger partial charge in [-0.25, -0.2) is 0 Å². The lowest BCUT2D eigenvalue weighted by molar-refractivity contribution is 0.513. The van der Waals surface area contributed by atoms with Crippen molar-refractivity contribution in [2.24, 2.45) is 0 Å². The number of hydrogen-bond donors (Lipinski definition) is 0. The lowest BCUT2D eigenvalue weighted by atomic mass is 10.2. The summed E-state index contributed by atoms with van der Waals surface area (Å²) in [6, 6.07) is 0. The summed E-state index contributed by atoms with van der Waals surface area (Å²) >= 11 is 0. The van der Waals surface area contributed by atoms with Gasteiger partial charge in [0.15, 0.2) is 0 Å². The van der Waals surface area contributed by atoms with Crippen LogP contribution in [0.3, 0.4) is 0 Å². The second-order valence-electron chi connectivity index (χ2n) is 2.69. The van der Waals surface area contributed by atoms with Crippen LogP contribution in [0.15, 0.2) is 23.9 Å². The molecule has 0 aliphatic heterocycles. The number of allylic oxidation sites excluding steroid dienone is 3. The molecule has 0 atom stereocenters. The van der Waals surface area contributed by atoms with E-state index < -0.39 is 0 Å². The Morgan fingerprint density at radius 2 is 2.00 bits per heavy atom. The molecule has 0 unspecified atom stereocenters. The van der Waals surface area contributed by atoms with E-state index in [2.05, 4.69) is 31.4 Å². The van der Waals surface area contributed by atoms with E-state index in [4.69, 9.17) is 0 Å². The third kappa shape index (κ3) is 3.33. The van der Waals surface area contributed by atoms with Crippen molar-refractivity contribution in [2.75, 3.05) is 14.1 Å². The Morgan fingerprint density at radius 3 is 2.30 bits per heavy atom. The van der Waals surface area contributed by atoms with Gasteiger partial charge >= 0.3 is 0 Å². The van der Waals surface area contributed by atoms with Gasteiger partial charge in [0.25, 0.3) is 0 Å². The molecule has 0 saturated heterocycles. The van der Waals surface area contributed by atoms with E-state index in [1.165, 1.54) is 11.3 Å². The summed E-state index contributed by atoms with van der Waals surface area (Å²) in [7, 11) is 4.07. The van der Waals surface area contributed by atoms with Gasteiger partial charge in [0.1, 0.15) is 0 Å². The first-order chi connectivity index (χ1) is 4.57. The Morgan fingerprint density at radius 1 is 1.50 bits per heavy atom. The third-order valence-electron chi connectivity index (χ3n) is 1.57. The molecule has 58 valence electrons. The van der Waals surface area contributed by atoms with Crippen LogP contribution in [0.25, 0.3) is 0 Å². The first-order valence-corrected chi connectivity index (χ1v) is 3.61. The summed E-state index contributed by atoms with van der Waals surface area (Å²) in [6.07, 6.45) is 3.14. The van der Waals surface area contributed by atoms with Gasteiger partial charge in [-0.2, -0.15) is 0 Å². The Bertz CT molecular complexity index is 143. The van der Waals surface area contributed by atoms with E-state index in [9.17, 15) is 0 Å². The maximum atomic E-state index is 3.89. The van der Waals surface area contributed by atoms with Gasteiger partial charge in [0, 0.05) is 19.8 Å². The van der Waals surface area contributed by atoms with Crippen molar-refractivity contribution in [3.05, 3.63) is 23.9 Å². The maximum absolute atomic E-state index is 3.89. The smallest absolute Gasteiger partial charge is 0.00984 e. The summed E-state index contributed by atoms with van der Waals surface area (Å²) in [5.74, 6) is 0. The van der Waals surface area contributed by atoms with Crippen LogP contribution in [-0.2, 0) is 0 Å². The monoisotopic (exact) mass is 139 g/mol. The molecule has 0 fully saturated rings. The van der Waals surface area contributed by atoms with E-state index in [0.717, 1.165) is 6.42 Å². The van der Waals surface area contributed by atoms with Gasteiger partial charge in [-0.05, 0) is 19.4 Å². The van der Waals surface area contributed by atoms with Crippen LogP contribution >= 0.6 is 0 Å². The molecular formula is C9H17N. The molecule has 0 spiro atoms. The highest BCUT2D eigenvalue weighted by Crippen LogP contribution is 2.04. The van der Waals surface area contributed by atoms with Crippen molar-refractivity contribution < 1.29 is 0 Å². The molecule has 0 N–H and O–H groups in total. The van der Waals surface area contributed by atoms with Crippen LogP contribution in [-0.4, -0.2) is 19.0 Å². The zero-order valence-corrected chi connectivity index (χ0v) is 7.44. The number of hydrogen-bond acceptors (Lipinski definition) is 1. The molecule has 0 radical (unpaired) electrons. The minimum Gasteiger partial charge on any atom is -0.381 e. The van der Waals surface area contributed by atoms with Crippen LogP contribution in [0.2, 0.25) is 0 Å². The standard InChI is InChI=1S/C9H17N/c1-6-8(2)7-9(3)10(4)5/h7H,2,6H2,1,3-5H3. The summed E-state index contributed by atoms with van der Waals surface area (Å²) in [5, 5.41) is 0. The van der Waals surface area contributed by atoms with E-state index >= 15 is 0 Å². The average Bonchev–Trinajstić information content (AvgIpc) is 1.87. The molecule has 1 nitrogen and oxygen atoms in total. The van der Waals surface area contributed by atoms with Gasteiger partial charge in [-0.15, -0.1) is 0 Å². The zero-order chi connectivity index (χ0) is 8.15. The highest BCUT2D eigenvalue weighted by atomic mass is 15.1. The Hall–Kier alpha value is -0.720. The van der Waals surface area contributed by atoms with E-state index in [0.29, 0.717) is 0 Å². The fraction of sp³-hybridized carbons (Fsp3) is 0.556. The molecule has 0 aliphatic rings. The molecule has 0 aromatic heterocycles. The largest absolute Gasteiger partial charge is 0.381 e. The first-order valence-electron chi connectivity index (χ1n) is 3.61. The number of nitrogens with zero attached hydrogens (tertiary/aromatic N) is 1. The van der Waals surface area contributed by atoms with Crippen molar-refractivity contribution in [3.8, 4) is 0 Å². The topological polar surface area (TPSA) is 3.24 Å². The van der Waals surface area contributed by atoms with Crippen LogP contribution in [0.5, 0.6) is 0 Å². The molecule has 1 heteroatoms. The normalized spacial score (nSPS) is 11.4. The average molecular weight is 139 g/mol. The lowest BCUT2D eigenvalue weighted by Crippen LogP contribution is -2.07. The van der Waals surface area contributed by atoms with Crippen molar-refractivity contribution in [3.63, 3.8) is 0 Å². The van der Waals surface area contributed by atoms with Crippen molar-refractivity contribution in [2.45, 2.75) is 20.3 Å². The first kappa shape index (κ1) is 9.28. The Labute approximate surface area is 64.0 Å². The van der Waals surface area contributed by atoms with Crippen molar-refractivity contribution in [1.29, 1.82) is 0 Å². The van der Waals surface area contributed by atoms with Gasteiger partial charge in [0.2, 0.25) is 0 Å². The molecule has 0 aromatic rings. The predicted octanol–water partition coefficient (Wildman–Crippen LogP) is 2.42. The molecular weight excluding hydrogens is 122 g/mol. The maximum Gasteiger partial charge on any atom is 0.00984 e. The van der Waals surface area contributed by atoms with Gasteiger partial charge < -0.3 is 4.90 Å². The summed E-state index contributed by atoms with van der Waals surface area (Å²) < 4.78 is 0. The van der Waals surface area contributed by atoms with E-state index in [1.807, 2.05) is 14.1 Å².